The zero-order valence-electron chi connectivity index (χ0n) is 9.58. The first-order valence-corrected chi connectivity index (χ1v) is 5.85. The molecule has 1 aliphatic carbocycles. The Bertz CT molecular complexity index is 296. The van der Waals surface area contributed by atoms with Crippen LogP contribution in [-0.4, -0.2) is 0 Å². The summed E-state index contributed by atoms with van der Waals surface area (Å²) in [7, 11) is 0. The van der Waals surface area contributed by atoms with Crippen molar-refractivity contribution in [2.45, 2.75) is 39.0 Å². The van der Waals surface area contributed by atoms with Crippen molar-refractivity contribution < 1.29 is 0 Å². The van der Waals surface area contributed by atoms with E-state index in [2.05, 4.69) is 43.2 Å². The standard InChI is InChI=1S/C15H20/c1-3-5-7-10-14(4-2)13-15-11-8-6-9-12-15/h2,7-8,10-12,14H,3,5-6,9,13H2,1H3/b10-7+. The quantitative estimate of drug-likeness (QED) is 0.459. The average molecular weight is 200 g/mol. The van der Waals surface area contributed by atoms with Gasteiger partial charge < -0.3 is 0 Å². The largest absolute Gasteiger partial charge is 0.119 e. The van der Waals surface area contributed by atoms with E-state index in [4.69, 9.17) is 6.42 Å². The van der Waals surface area contributed by atoms with Crippen molar-refractivity contribution in [2.75, 3.05) is 0 Å². The lowest BCUT2D eigenvalue weighted by molar-refractivity contribution is 0.813. The van der Waals surface area contributed by atoms with Crippen molar-refractivity contribution in [3.8, 4) is 12.3 Å². The number of allylic oxidation sites excluding steroid dienone is 6. The van der Waals surface area contributed by atoms with Crippen LogP contribution in [0.1, 0.15) is 39.0 Å². The van der Waals surface area contributed by atoms with Gasteiger partial charge in [0.2, 0.25) is 0 Å². The van der Waals surface area contributed by atoms with Gasteiger partial charge in [-0.05, 0) is 25.7 Å². The fourth-order valence-corrected chi connectivity index (χ4v) is 1.68. The molecule has 1 unspecified atom stereocenters. The Labute approximate surface area is 93.8 Å². The number of unbranched alkanes of at least 4 members (excludes halogenated alkanes) is 1. The summed E-state index contributed by atoms with van der Waals surface area (Å²) >= 11 is 0. The summed E-state index contributed by atoms with van der Waals surface area (Å²) in [6.07, 6.45) is 22.3. The zero-order valence-corrected chi connectivity index (χ0v) is 9.58. The molecule has 0 N–H and O–H groups in total. The number of hydrogen-bond acceptors (Lipinski definition) is 0. The number of rotatable bonds is 5. The van der Waals surface area contributed by atoms with Crippen molar-refractivity contribution in [3.05, 3.63) is 36.0 Å². The summed E-state index contributed by atoms with van der Waals surface area (Å²) in [5.74, 6) is 3.12. The lowest BCUT2D eigenvalue weighted by Gasteiger charge is -2.09. The molecule has 0 spiro atoms. The first-order chi connectivity index (χ1) is 7.36. The first-order valence-electron chi connectivity index (χ1n) is 5.85. The second-order valence-electron chi connectivity index (χ2n) is 3.95. The molecule has 1 rings (SSSR count). The van der Waals surface area contributed by atoms with Crippen LogP contribution in [0, 0.1) is 18.3 Å². The molecule has 1 aliphatic rings. The molecule has 15 heavy (non-hydrogen) atoms. The molecule has 0 bridgehead atoms. The maximum atomic E-state index is 5.52. The Morgan fingerprint density at radius 3 is 3.00 bits per heavy atom. The van der Waals surface area contributed by atoms with Crippen LogP contribution >= 0.6 is 0 Å². The van der Waals surface area contributed by atoms with Gasteiger partial charge in [0.25, 0.3) is 0 Å². The van der Waals surface area contributed by atoms with Crippen LogP contribution in [0.25, 0.3) is 0 Å². The van der Waals surface area contributed by atoms with Crippen LogP contribution in [0.5, 0.6) is 0 Å². The maximum absolute atomic E-state index is 5.52. The Kier molecular flexibility index (Phi) is 5.63. The molecule has 0 heteroatoms. The summed E-state index contributed by atoms with van der Waals surface area (Å²) in [5, 5.41) is 0. The summed E-state index contributed by atoms with van der Waals surface area (Å²) in [4.78, 5) is 0. The van der Waals surface area contributed by atoms with Crippen molar-refractivity contribution in [3.63, 3.8) is 0 Å². The normalized spacial score (nSPS) is 17.5. The third kappa shape index (κ3) is 4.70. The van der Waals surface area contributed by atoms with Crippen molar-refractivity contribution >= 4 is 0 Å². The smallest absolute Gasteiger partial charge is 0.0420 e. The molecule has 0 amide bonds. The van der Waals surface area contributed by atoms with Gasteiger partial charge in [0.05, 0.1) is 0 Å². The second-order valence-corrected chi connectivity index (χ2v) is 3.95. The Hall–Kier alpha value is -1.22. The Morgan fingerprint density at radius 1 is 1.53 bits per heavy atom. The van der Waals surface area contributed by atoms with E-state index in [-0.39, 0.29) is 5.92 Å². The molecule has 0 aliphatic heterocycles. The number of hydrogen-bond donors (Lipinski definition) is 0. The van der Waals surface area contributed by atoms with Gasteiger partial charge in [0.15, 0.2) is 0 Å². The summed E-state index contributed by atoms with van der Waals surface area (Å²) in [6, 6.07) is 0. The average Bonchev–Trinajstić information content (AvgIpc) is 2.29. The molecule has 0 aromatic carbocycles. The Morgan fingerprint density at radius 2 is 2.40 bits per heavy atom. The van der Waals surface area contributed by atoms with E-state index in [1.54, 1.807) is 0 Å². The van der Waals surface area contributed by atoms with E-state index in [1.165, 1.54) is 24.8 Å². The summed E-state index contributed by atoms with van der Waals surface area (Å²) in [5.41, 5.74) is 1.39. The molecule has 0 radical (unpaired) electrons. The Balaban J connectivity index is 2.43. The molecule has 0 saturated heterocycles. The van der Waals surface area contributed by atoms with Gasteiger partial charge in [0.1, 0.15) is 0 Å². The fraction of sp³-hybridized carbons (Fsp3) is 0.467. The molecular formula is C15H20. The first kappa shape index (κ1) is 11.9. The van der Waals surface area contributed by atoms with E-state index >= 15 is 0 Å². The van der Waals surface area contributed by atoms with E-state index < -0.39 is 0 Å². The highest BCUT2D eigenvalue weighted by atomic mass is 14.1. The maximum Gasteiger partial charge on any atom is 0.0420 e. The van der Waals surface area contributed by atoms with Gasteiger partial charge in [-0.25, -0.2) is 0 Å². The lowest BCUT2D eigenvalue weighted by atomic mass is 9.95. The minimum atomic E-state index is 0.269. The van der Waals surface area contributed by atoms with Crippen molar-refractivity contribution in [1.82, 2.24) is 0 Å². The minimum Gasteiger partial charge on any atom is -0.119 e. The van der Waals surface area contributed by atoms with E-state index in [0.29, 0.717) is 0 Å². The van der Waals surface area contributed by atoms with Crippen molar-refractivity contribution in [1.29, 1.82) is 0 Å². The van der Waals surface area contributed by atoms with Gasteiger partial charge >= 0.3 is 0 Å². The highest BCUT2D eigenvalue weighted by Gasteiger charge is 2.04. The van der Waals surface area contributed by atoms with Gasteiger partial charge in [0, 0.05) is 5.92 Å². The lowest BCUT2D eigenvalue weighted by Crippen LogP contribution is -1.96. The minimum absolute atomic E-state index is 0.269. The van der Waals surface area contributed by atoms with E-state index in [0.717, 1.165) is 12.8 Å². The molecule has 0 nitrogen and oxygen atoms in total. The monoisotopic (exact) mass is 200 g/mol. The van der Waals surface area contributed by atoms with E-state index in [9.17, 15) is 0 Å². The van der Waals surface area contributed by atoms with Crippen LogP contribution in [-0.2, 0) is 0 Å². The summed E-state index contributed by atoms with van der Waals surface area (Å²) < 4.78 is 0. The van der Waals surface area contributed by atoms with Gasteiger partial charge in [-0.3, -0.25) is 0 Å². The van der Waals surface area contributed by atoms with Crippen LogP contribution < -0.4 is 0 Å². The van der Waals surface area contributed by atoms with Crippen LogP contribution in [0.4, 0.5) is 0 Å². The number of terminal acetylenes is 1. The predicted octanol–water partition coefficient (Wildman–Crippen LogP) is 4.26. The zero-order chi connectivity index (χ0) is 10.9. The van der Waals surface area contributed by atoms with Gasteiger partial charge in [-0.1, -0.05) is 55.2 Å². The SMILES string of the molecule is C#CC(/C=C/CCC)CC1=CCCC=C1. The van der Waals surface area contributed by atoms with Gasteiger partial charge in [-0.2, -0.15) is 0 Å². The fourth-order valence-electron chi connectivity index (χ4n) is 1.68. The van der Waals surface area contributed by atoms with Crippen molar-refractivity contribution in [2.24, 2.45) is 5.92 Å². The third-order valence-corrected chi connectivity index (χ3v) is 2.57. The molecule has 0 heterocycles. The molecular weight excluding hydrogens is 180 g/mol. The topological polar surface area (TPSA) is 0 Å². The van der Waals surface area contributed by atoms with Crippen LogP contribution in [0.15, 0.2) is 36.0 Å². The molecule has 0 aromatic heterocycles. The second kappa shape index (κ2) is 7.12. The highest BCUT2D eigenvalue weighted by Crippen LogP contribution is 2.18. The molecule has 0 aromatic rings. The predicted molar refractivity (Wildman–Crippen MR) is 67.4 cm³/mol. The van der Waals surface area contributed by atoms with Crippen LogP contribution in [0.2, 0.25) is 0 Å². The molecule has 80 valence electrons. The molecule has 0 fully saturated rings. The summed E-state index contributed by atoms with van der Waals surface area (Å²) in [6.45, 7) is 2.18. The highest BCUT2D eigenvalue weighted by molar-refractivity contribution is 5.25. The van der Waals surface area contributed by atoms with Gasteiger partial charge in [-0.15, -0.1) is 6.42 Å². The van der Waals surface area contributed by atoms with E-state index in [1.807, 2.05) is 0 Å². The molecule has 1 atom stereocenters. The third-order valence-electron chi connectivity index (χ3n) is 2.57. The van der Waals surface area contributed by atoms with Crippen LogP contribution in [0.3, 0.4) is 0 Å². The molecule has 0 saturated carbocycles.